The average Bonchev–Trinajstić information content (AvgIpc) is 3.15. The molecule has 8 nitrogen and oxygen atoms in total. The maximum absolute atomic E-state index is 12.1. The Bertz CT molecular complexity index is 1030. The standard InChI is InChI=1S/C16H13N5O3/c1-9-7-10(2)21-16(17-9)19-14(20-21)15(22)23-8-13-18-11-5-3-4-6-12(11)24-13/h3-7H,8H2,1-2H3. The monoisotopic (exact) mass is 323 g/mol. The van der Waals surface area contributed by atoms with Crippen molar-refractivity contribution >= 4 is 22.8 Å². The Balaban J connectivity index is 1.54. The van der Waals surface area contributed by atoms with E-state index >= 15 is 0 Å². The largest absolute Gasteiger partial charge is 0.450 e. The van der Waals surface area contributed by atoms with Gasteiger partial charge in [0.05, 0.1) is 0 Å². The van der Waals surface area contributed by atoms with E-state index < -0.39 is 5.97 Å². The summed E-state index contributed by atoms with van der Waals surface area (Å²) < 4.78 is 12.2. The molecule has 0 spiro atoms. The van der Waals surface area contributed by atoms with E-state index in [1.54, 1.807) is 6.07 Å². The Morgan fingerprint density at radius 3 is 2.88 bits per heavy atom. The van der Waals surface area contributed by atoms with E-state index in [-0.39, 0.29) is 12.4 Å². The molecule has 8 heteroatoms. The van der Waals surface area contributed by atoms with Crippen LogP contribution >= 0.6 is 0 Å². The quantitative estimate of drug-likeness (QED) is 0.533. The minimum absolute atomic E-state index is 0.0488. The van der Waals surface area contributed by atoms with Crippen LogP contribution < -0.4 is 0 Å². The van der Waals surface area contributed by atoms with E-state index in [0.717, 1.165) is 11.4 Å². The first-order valence-electron chi connectivity index (χ1n) is 7.33. The van der Waals surface area contributed by atoms with Gasteiger partial charge in [0.2, 0.25) is 5.89 Å². The fraction of sp³-hybridized carbons (Fsp3) is 0.188. The predicted molar refractivity (Wildman–Crippen MR) is 83.4 cm³/mol. The van der Waals surface area contributed by atoms with Crippen LogP contribution in [-0.2, 0) is 11.3 Å². The van der Waals surface area contributed by atoms with Crippen molar-refractivity contribution in [3.8, 4) is 0 Å². The first kappa shape index (κ1) is 14.3. The van der Waals surface area contributed by atoms with Crippen LogP contribution in [0.5, 0.6) is 0 Å². The maximum Gasteiger partial charge on any atom is 0.378 e. The number of fused-ring (bicyclic) bond motifs is 2. The second-order valence-electron chi connectivity index (χ2n) is 5.34. The molecule has 0 aliphatic rings. The molecule has 3 heterocycles. The Hall–Kier alpha value is -3.29. The Morgan fingerprint density at radius 1 is 1.21 bits per heavy atom. The van der Waals surface area contributed by atoms with Crippen LogP contribution in [-0.4, -0.2) is 30.5 Å². The molecule has 0 saturated heterocycles. The number of carbonyl (C=O) groups is 1. The predicted octanol–water partition coefficient (Wildman–Crippen LogP) is 2.24. The smallest absolute Gasteiger partial charge is 0.378 e. The van der Waals surface area contributed by atoms with Crippen molar-refractivity contribution in [1.82, 2.24) is 24.6 Å². The maximum atomic E-state index is 12.1. The molecule has 0 atom stereocenters. The lowest BCUT2D eigenvalue weighted by Crippen LogP contribution is -2.08. The molecular formula is C16H13N5O3. The molecule has 0 amide bonds. The number of para-hydroxylation sites is 2. The minimum Gasteiger partial charge on any atom is -0.450 e. The third-order valence-electron chi connectivity index (χ3n) is 3.47. The Morgan fingerprint density at radius 2 is 2.04 bits per heavy atom. The first-order chi connectivity index (χ1) is 11.6. The van der Waals surface area contributed by atoms with Gasteiger partial charge in [0.15, 0.2) is 12.2 Å². The van der Waals surface area contributed by atoms with Gasteiger partial charge in [-0.1, -0.05) is 12.1 Å². The highest BCUT2D eigenvalue weighted by atomic mass is 16.5. The van der Waals surface area contributed by atoms with Crippen molar-refractivity contribution in [3.05, 3.63) is 53.4 Å². The molecule has 0 aliphatic heterocycles. The van der Waals surface area contributed by atoms with Crippen LogP contribution in [0, 0.1) is 13.8 Å². The number of hydrogen-bond donors (Lipinski definition) is 0. The summed E-state index contributed by atoms with van der Waals surface area (Å²) in [7, 11) is 0. The zero-order chi connectivity index (χ0) is 16.7. The van der Waals surface area contributed by atoms with Crippen molar-refractivity contribution < 1.29 is 13.9 Å². The molecule has 4 aromatic rings. The second kappa shape index (κ2) is 5.41. The summed E-state index contributed by atoms with van der Waals surface area (Å²) in [6.07, 6.45) is 0. The molecule has 0 aliphatic carbocycles. The molecule has 4 rings (SSSR count). The molecular weight excluding hydrogens is 310 g/mol. The van der Waals surface area contributed by atoms with Crippen LogP contribution in [0.15, 0.2) is 34.7 Å². The number of ether oxygens (including phenoxy) is 1. The van der Waals surface area contributed by atoms with Gasteiger partial charge in [0.25, 0.3) is 11.6 Å². The SMILES string of the molecule is Cc1cc(C)n2nc(C(=O)OCc3nc4ccccc4o3)nc2n1. The number of aryl methyl sites for hydroxylation is 2. The number of nitrogens with zero attached hydrogens (tertiary/aromatic N) is 5. The zero-order valence-corrected chi connectivity index (χ0v) is 13.1. The summed E-state index contributed by atoms with van der Waals surface area (Å²) in [4.78, 5) is 24.7. The molecule has 1 aromatic carbocycles. The molecule has 120 valence electrons. The molecule has 0 fully saturated rings. The van der Waals surface area contributed by atoms with Gasteiger partial charge in [-0.15, -0.1) is 5.10 Å². The van der Waals surface area contributed by atoms with Crippen molar-refractivity contribution in [2.75, 3.05) is 0 Å². The molecule has 0 unspecified atom stereocenters. The molecule has 0 bridgehead atoms. The van der Waals surface area contributed by atoms with Crippen LogP contribution in [0.4, 0.5) is 0 Å². The third kappa shape index (κ3) is 2.47. The van der Waals surface area contributed by atoms with E-state index in [0.29, 0.717) is 22.8 Å². The van der Waals surface area contributed by atoms with E-state index in [1.807, 2.05) is 38.1 Å². The number of carbonyl (C=O) groups excluding carboxylic acids is 1. The summed E-state index contributed by atoms with van der Waals surface area (Å²) in [5, 5.41) is 4.13. The summed E-state index contributed by atoms with van der Waals surface area (Å²) in [5.41, 5.74) is 3.00. The van der Waals surface area contributed by atoms with Crippen LogP contribution in [0.2, 0.25) is 0 Å². The van der Waals surface area contributed by atoms with E-state index in [4.69, 9.17) is 9.15 Å². The molecule has 0 saturated carbocycles. The van der Waals surface area contributed by atoms with Gasteiger partial charge in [-0.2, -0.15) is 4.98 Å². The fourth-order valence-corrected chi connectivity index (χ4v) is 2.43. The molecule has 24 heavy (non-hydrogen) atoms. The van der Waals surface area contributed by atoms with Gasteiger partial charge in [-0.05, 0) is 32.0 Å². The normalized spacial score (nSPS) is 11.2. The van der Waals surface area contributed by atoms with Crippen molar-refractivity contribution in [3.63, 3.8) is 0 Å². The lowest BCUT2D eigenvalue weighted by Gasteiger charge is -1.98. The number of esters is 1. The van der Waals surface area contributed by atoms with E-state index in [2.05, 4.69) is 20.1 Å². The van der Waals surface area contributed by atoms with Crippen LogP contribution in [0.1, 0.15) is 27.9 Å². The van der Waals surface area contributed by atoms with Crippen molar-refractivity contribution in [2.45, 2.75) is 20.5 Å². The lowest BCUT2D eigenvalue weighted by molar-refractivity contribution is 0.0426. The molecule has 0 N–H and O–H groups in total. The van der Waals surface area contributed by atoms with Crippen molar-refractivity contribution in [1.29, 1.82) is 0 Å². The number of benzene rings is 1. The molecule has 0 radical (unpaired) electrons. The lowest BCUT2D eigenvalue weighted by atomic mass is 10.3. The van der Waals surface area contributed by atoms with Gasteiger partial charge in [0.1, 0.15) is 5.52 Å². The number of oxazole rings is 1. The topological polar surface area (TPSA) is 95.4 Å². The average molecular weight is 323 g/mol. The van der Waals surface area contributed by atoms with Crippen molar-refractivity contribution in [2.24, 2.45) is 0 Å². The van der Waals surface area contributed by atoms with Crippen LogP contribution in [0.3, 0.4) is 0 Å². The minimum atomic E-state index is -0.653. The summed E-state index contributed by atoms with van der Waals surface area (Å²) in [5.74, 6) is -0.0214. The van der Waals surface area contributed by atoms with Crippen LogP contribution in [0.25, 0.3) is 16.9 Å². The number of hydrogen-bond acceptors (Lipinski definition) is 7. The van der Waals surface area contributed by atoms with Gasteiger partial charge in [-0.25, -0.2) is 19.3 Å². The fourth-order valence-electron chi connectivity index (χ4n) is 2.43. The second-order valence-corrected chi connectivity index (χ2v) is 5.34. The Kier molecular flexibility index (Phi) is 3.23. The highest BCUT2D eigenvalue weighted by Gasteiger charge is 2.17. The first-order valence-corrected chi connectivity index (χ1v) is 7.33. The van der Waals surface area contributed by atoms with E-state index in [9.17, 15) is 4.79 Å². The van der Waals surface area contributed by atoms with Gasteiger partial charge in [0, 0.05) is 11.4 Å². The zero-order valence-electron chi connectivity index (χ0n) is 13.1. The van der Waals surface area contributed by atoms with E-state index in [1.165, 1.54) is 4.52 Å². The highest BCUT2D eigenvalue weighted by molar-refractivity contribution is 5.85. The number of rotatable bonds is 3. The van der Waals surface area contributed by atoms with Gasteiger partial charge in [-0.3, -0.25) is 0 Å². The third-order valence-corrected chi connectivity index (χ3v) is 3.47. The highest BCUT2D eigenvalue weighted by Crippen LogP contribution is 2.15. The molecule has 3 aromatic heterocycles. The summed E-state index contributed by atoms with van der Waals surface area (Å²) in [6.45, 7) is 3.63. The van der Waals surface area contributed by atoms with Gasteiger partial charge < -0.3 is 9.15 Å². The summed E-state index contributed by atoms with van der Waals surface area (Å²) >= 11 is 0. The summed E-state index contributed by atoms with van der Waals surface area (Å²) in [6, 6.07) is 9.19. The Labute approximate surface area is 136 Å². The van der Waals surface area contributed by atoms with Gasteiger partial charge >= 0.3 is 5.97 Å². The number of aromatic nitrogens is 5.